The highest BCUT2D eigenvalue weighted by Gasteiger charge is 2.30. The zero-order valence-electron chi connectivity index (χ0n) is 13.7. The van der Waals surface area contributed by atoms with E-state index in [0.29, 0.717) is 12.3 Å². The number of hydrogen-bond donors (Lipinski definition) is 1. The van der Waals surface area contributed by atoms with E-state index in [-0.39, 0.29) is 0 Å². The van der Waals surface area contributed by atoms with E-state index < -0.39 is 12.0 Å². The van der Waals surface area contributed by atoms with Gasteiger partial charge < -0.3 is 5.11 Å². The summed E-state index contributed by atoms with van der Waals surface area (Å²) in [4.78, 5) is 11.5. The summed E-state index contributed by atoms with van der Waals surface area (Å²) in [5, 5.41) is 21.3. The van der Waals surface area contributed by atoms with Crippen molar-refractivity contribution in [2.24, 2.45) is 5.92 Å². The summed E-state index contributed by atoms with van der Waals surface area (Å²) in [6.45, 7) is 4.22. The first-order chi connectivity index (χ1) is 10.7. The van der Waals surface area contributed by atoms with Crippen molar-refractivity contribution in [2.45, 2.75) is 83.6 Å². The lowest BCUT2D eigenvalue weighted by Gasteiger charge is -2.28. The number of aliphatic carboxylic acids is 1. The molecule has 0 saturated heterocycles. The van der Waals surface area contributed by atoms with Crippen LogP contribution in [0.4, 0.5) is 0 Å². The molecule has 1 N–H and O–H groups in total. The van der Waals surface area contributed by atoms with Gasteiger partial charge in [-0.05, 0) is 48.4 Å². The molecule has 22 heavy (non-hydrogen) atoms. The van der Waals surface area contributed by atoms with Crippen molar-refractivity contribution in [3.63, 3.8) is 0 Å². The maximum absolute atomic E-state index is 11.5. The predicted octanol–water partition coefficient (Wildman–Crippen LogP) is 3.56. The van der Waals surface area contributed by atoms with Crippen LogP contribution >= 0.6 is 0 Å². The minimum Gasteiger partial charge on any atom is -0.480 e. The average molecular weight is 308 g/mol. The first-order valence-corrected chi connectivity index (χ1v) is 8.67. The van der Waals surface area contributed by atoms with Gasteiger partial charge in [-0.15, -0.1) is 5.10 Å². The van der Waals surface area contributed by atoms with Crippen LogP contribution in [-0.4, -0.2) is 31.3 Å². The Labute approximate surface area is 132 Å². The number of carboxylic acid groups (broad SMARTS) is 1. The Balaban J connectivity index is 2.02. The van der Waals surface area contributed by atoms with E-state index in [2.05, 4.69) is 22.4 Å². The molecule has 1 saturated carbocycles. The normalized spacial score (nSPS) is 23.4. The van der Waals surface area contributed by atoms with Gasteiger partial charge in [-0.2, -0.15) is 0 Å². The van der Waals surface area contributed by atoms with E-state index in [9.17, 15) is 9.90 Å². The van der Waals surface area contributed by atoms with Gasteiger partial charge >= 0.3 is 5.97 Å². The monoisotopic (exact) mass is 308 g/mol. The number of unbranched alkanes of at least 4 members (excludes halogenated alkanes) is 1. The molecule has 1 aliphatic carbocycles. The molecule has 1 unspecified atom stereocenters. The second-order valence-electron chi connectivity index (χ2n) is 6.48. The summed E-state index contributed by atoms with van der Waals surface area (Å²) in [5.74, 6) is 1.07. The summed E-state index contributed by atoms with van der Waals surface area (Å²) in [7, 11) is 0. The van der Waals surface area contributed by atoms with Crippen molar-refractivity contribution < 1.29 is 9.90 Å². The molecule has 1 aromatic rings. The first-order valence-electron chi connectivity index (χ1n) is 8.67. The fourth-order valence-electron chi connectivity index (χ4n) is 3.52. The van der Waals surface area contributed by atoms with Gasteiger partial charge in [-0.25, -0.2) is 9.48 Å². The van der Waals surface area contributed by atoms with Gasteiger partial charge in [0.15, 0.2) is 11.9 Å². The highest BCUT2D eigenvalue weighted by atomic mass is 16.4. The Hall–Kier alpha value is -1.46. The van der Waals surface area contributed by atoms with E-state index in [1.807, 2.05) is 6.92 Å². The van der Waals surface area contributed by atoms with Crippen molar-refractivity contribution in [2.75, 3.05) is 0 Å². The molecule has 1 fully saturated rings. The zero-order valence-corrected chi connectivity index (χ0v) is 13.7. The minimum atomic E-state index is -0.841. The molecule has 0 spiro atoms. The number of hydrogen-bond acceptors (Lipinski definition) is 4. The third-order valence-electron chi connectivity index (χ3n) is 4.84. The zero-order chi connectivity index (χ0) is 15.9. The van der Waals surface area contributed by atoms with E-state index in [4.69, 9.17) is 0 Å². The topological polar surface area (TPSA) is 80.9 Å². The summed E-state index contributed by atoms with van der Waals surface area (Å²) in [6.07, 6.45) is 9.84. The summed E-state index contributed by atoms with van der Waals surface area (Å²) in [5.41, 5.74) is 0. The molecule has 1 atom stereocenters. The van der Waals surface area contributed by atoms with Gasteiger partial charge in [-0.3, -0.25) is 0 Å². The van der Waals surface area contributed by atoms with Crippen LogP contribution < -0.4 is 0 Å². The SMILES string of the molecule is CCCCC1CCC(c2nnnn2C(CCC)C(=O)O)CC1. The number of nitrogens with zero attached hydrogens (tertiary/aromatic N) is 4. The van der Waals surface area contributed by atoms with Gasteiger partial charge in [0.05, 0.1) is 0 Å². The van der Waals surface area contributed by atoms with Crippen molar-refractivity contribution in [3.05, 3.63) is 5.82 Å². The van der Waals surface area contributed by atoms with Crippen LogP contribution in [0.25, 0.3) is 0 Å². The molecule has 1 aliphatic rings. The maximum atomic E-state index is 11.5. The van der Waals surface area contributed by atoms with Crippen LogP contribution in [0, 0.1) is 5.92 Å². The summed E-state index contributed by atoms with van der Waals surface area (Å²) < 4.78 is 1.56. The Morgan fingerprint density at radius 3 is 2.59 bits per heavy atom. The summed E-state index contributed by atoms with van der Waals surface area (Å²) >= 11 is 0. The number of aromatic nitrogens is 4. The number of carbonyl (C=O) groups is 1. The van der Waals surface area contributed by atoms with Crippen LogP contribution in [0.3, 0.4) is 0 Å². The summed E-state index contributed by atoms with van der Waals surface area (Å²) in [6, 6.07) is -0.632. The third-order valence-corrected chi connectivity index (χ3v) is 4.84. The smallest absolute Gasteiger partial charge is 0.328 e. The Morgan fingerprint density at radius 2 is 2.00 bits per heavy atom. The van der Waals surface area contributed by atoms with Gasteiger partial charge in [0, 0.05) is 5.92 Å². The second-order valence-corrected chi connectivity index (χ2v) is 6.48. The lowest BCUT2D eigenvalue weighted by molar-refractivity contribution is -0.141. The molecule has 0 amide bonds. The van der Waals surface area contributed by atoms with Crippen molar-refractivity contribution in [3.8, 4) is 0 Å². The molecule has 1 aromatic heterocycles. The van der Waals surface area contributed by atoms with E-state index in [1.165, 1.54) is 32.1 Å². The maximum Gasteiger partial charge on any atom is 0.328 e. The van der Waals surface area contributed by atoms with Crippen LogP contribution in [0.2, 0.25) is 0 Å². The molecule has 0 bridgehead atoms. The van der Waals surface area contributed by atoms with E-state index >= 15 is 0 Å². The molecule has 0 aliphatic heterocycles. The van der Waals surface area contributed by atoms with Crippen molar-refractivity contribution >= 4 is 5.97 Å². The van der Waals surface area contributed by atoms with Crippen LogP contribution in [0.15, 0.2) is 0 Å². The molecular formula is C16H28N4O2. The van der Waals surface area contributed by atoms with Crippen LogP contribution in [0.5, 0.6) is 0 Å². The quantitative estimate of drug-likeness (QED) is 0.794. The largest absolute Gasteiger partial charge is 0.480 e. The molecule has 0 aromatic carbocycles. The van der Waals surface area contributed by atoms with Crippen molar-refractivity contribution in [1.82, 2.24) is 20.2 Å². The lowest BCUT2D eigenvalue weighted by Crippen LogP contribution is -2.25. The van der Waals surface area contributed by atoms with Crippen LogP contribution in [0.1, 0.15) is 89.4 Å². The molecule has 6 nitrogen and oxygen atoms in total. The molecule has 124 valence electrons. The van der Waals surface area contributed by atoms with Crippen molar-refractivity contribution in [1.29, 1.82) is 0 Å². The number of rotatable bonds is 8. The fourth-order valence-corrected chi connectivity index (χ4v) is 3.52. The highest BCUT2D eigenvalue weighted by molar-refractivity contribution is 5.71. The fraction of sp³-hybridized carbons (Fsp3) is 0.875. The second kappa shape index (κ2) is 8.25. The van der Waals surface area contributed by atoms with Crippen LogP contribution in [-0.2, 0) is 4.79 Å². The highest BCUT2D eigenvalue weighted by Crippen LogP contribution is 2.37. The number of carboxylic acids is 1. The Morgan fingerprint density at radius 1 is 1.27 bits per heavy atom. The van der Waals surface area contributed by atoms with E-state index in [0.717, 1.165) is 31.0 Å². The van der Waals surface area contributed by atoms with Gasteiger partial charge in [0.1, 0.15) is 0 Å². The third kappa shape index (κ3) is 4.05. The van der Waals surface area contributed by atoms with E-state index in [1.54, 1.807) is 4.68 Å². The molecular weight excluding hydrogens is 280 g/mol. The Kier molecular flexibility index (Phi) is 6.34. The van der Waals surface area contributed by atoms with Gasteiger partial charge in [-0.1, -0.05) is 39.5 Å². The minimum absolute atomic E-state index is 0.312. The molecule has 1 heterocycles. The molecule has 2 rings (SSSR count). The Bertz CT molecular complexity index is 466. The van der Waals surface area contributed by atoms with Gasteiger partial charge in [0.2, 0.25) is 0 Å². The lowest BCUT2D eigenvalue weighted by atomic mass is 9.79. The molecule has 6 heteroatoms. The average Bonchev–Trinajstić information content (AvgIpc) is 3.00. The van der Waals surface area contributed by atoms with Gasteiger partial charge in [0.25, 0.3) is 0 Å². The molecule has 0 radical (unpaired) electrons. The predicted molar refractivity (Wildman–Crippen MR) is 83.6 cm³/mol. The first kappa shape index (κ1) is 16.9. The number of tetrazole rings is 1. The standard InChI is InChI=1S/C16H28N4O2/c1-3-5-7-12-8-10-13(11-9-12)15-17-18-19-20(15)14(6-4-2)16(21)22/h12-14H,3-11H2,1-2H3,(H,21,22).